The number of esters is 1. The maximum atomic E-state index is 12.0. The molecule has 1 N–H and O–H groups in total. The van der Waals surface area contributed by atoms with Crippen LogP contribution < -0.4 is 14.9 Å². The van der Waals surface area contributed by atoms with E-state index in [9.17, 15) is 9.82 Å². The average molecular weight is 328 g/mol. The van der Waals surface area contributed by atoms with Crippen molar-refractivity contribution in [3.63, 3.8) is 0 Å². The van der Waals surface area contributed by atoms with Crippen LogP contribution in [-0.2, 0) is 16.0 Å². The predicted octanol–water partition coefficient (Wildman–Crippen LogP) is 1.15. The van der Waals surface area contributed by atoms with Gasteiger partial charge in [0, 0.05) is 0 Å². The standard InChI is InChI=1S/C17H17BO6/c1-21-14-4-6-15(7-5-14)22-8-9-23-17(19)12-2-3-13-11-24-18(20)16(13)10-12/h2-7,10,20H,8-9,11H2,1H3. The van der Waals surface area contributed by atoms with Gasteiger partial charge in [-0.25, -0.2) is 4.79 Å². The second-order valence-electron chi connectivity index (χ2n) is 5.24. The molecule has 0 amide bonds. The molecule has 24 heavy (non-hydrogen) atoms. The SMILES string of the molecule is COc1ccc(OCCOC(=O)c2ccc3c(c2)B(O)OC3)cc1. The molecular weight excluding hydrogens is 311 g/mol. The predicted molar refractivity (Wildman–Crippen MR) is 87.6 cm³/mol. The van der Waals surface area contributed by atoms with Crippen LogP contribution in [0.4, 0.5) is 0 Å². The van der Waals surface area contributed by atoms with E-state index in [2.05, 4.69) is 0 Å². The fraction of sp³-hybridized carbons (Fsp3) is 0.235. The normalized spacial score (nSPS) is 12.7. The summed E-state index contributed by atoms with van der Waals surface area (Å²) in [5.74, 6) is 0.955. The van der Waals surface area contributed by atoms with Crippen molar-refractivity contribution in [2.75, 3.05) is 20.3 Å². The molecule has 124 valence electrons. The largest absolute Gasteiger partial charge is 0.497 e. The van der Waals surface area contributed by atoms with Gasteiger partial charge in [0.25, 0.3) is 0 Å². The third-order valence-electron chi connectivity index (χ3n) is 3.69. The summed E-state index contributed by atoms with van der Waals surface area (Å²) < 4.78 is 20.8. The zero-order valence-corrected chi connectivity index (χ0v) is 13.2. The molecule has 0 saturated carbocycles. The number of fused-ring (bicyclic) bond motifs is 1. The van der Waals surface area contributed by atoms with Gasteiger partial charge in [-0.3, -0.25) is 0 Å². The van der Waals surface area contributed by atoms with E-state index in [1.54, 1.807) is 49.6 Å². The van der Waals surface area contributed by atoms with Gasteiger partial charge < -0.3 is 23.9 Å². The monoisotopic (exact) mass is 328 g/mol. The molecule has 1 aliphatic rings. The van der Waals surface area contributed by atoms with Crippen molar-refractivity contribution in [1.82, 2.24) is 0 Å². The van der Waals surface area contributed by atoms with E-state index in [0.717, 1.165) is 11.3 Å². The zero-order valence-electron chi connectivity index (χ0n) is 13.2. The molecule has 0 aromatic heterocycles. The average Bonchev–Trinajstić information content (AvgIpc) is 2.99. The van der Waals surface area contributed by atoms with E-state index >= 15 is 0 Å². The molecule has 2 aromatic rings. The van der Waals surface area contributed by atoms with Crippen molar-refractivity contribution >= 4 is 18.6 Å². The molecule has 0 spiro atoms. The van der Waals surface area contributed by atoms with Crippen LogP contribution in [0.5, 0.6) is 11.5 Å². The van der Waals surface area contributed by atoms with Crippen molar-refractivity contribution < 1.29 is 28.7 Å². The number of benzene rings is 2. The van der Waals surface area contributed by atoms with Crippen molar-refractivity contribution in [1.29, 1.82) is 0 Å². The van der Waals surface area contributed by atoms with E-state index < -0.39 is 13.1 Å². The summed E-state index contributed by atoms with van der Waals surface area (Å²) in [5, 5.41) is 9.66. The van der Waals surface area contributed by atoms with Crippen LogP contribution in [0.1, 0.15) is 15.9 Å². The lowest BCUT2D eigenvalue weighted by Crippen LogP contribution is -2.29. The summed E-state index contributed by atoms with van der Waals surface area (Å²) in [6.07, 6.45) is 0. The molecule has 0 saturated heterocycles. The van der Waals surface area contributed by atoms with Gasteiger partial charge in [0.05, 0.1) is 19.3 Å². The number of ether oxygens (including phenoxy) is 3. The lowest BCUT2D eigenvalue weighted by atomic mass is 9.79. The minimum Gasteiger partial charge on any atom is -0.497 e. The Labute approximate surface area is 140 Å². The molecule has 0 atom stereocenters. The molecular formula is C17H17BO6. The van der Waals surface area contributed by atoms with Gasteiger partial charge >= 0.3 is 13.1 Å². The summed E-state index contributed by atoms with van der Waals surface area (Å²) in [7, 11) is 0.616. The number of hydrogen-bond donors (Lipinski definition) is 1. The van der Waals surface area contributed by atoms with Crippen molar-refractivity contribution in [3.05, 3.63) is 53.6 Å². The van der Waals surface area contributed by atoms with Crippen LogP contribution in [0.25, 0.3) is 0 Å². The van der Waals surface area contributed by atoms with Gasteiger partial charge in [0.1, 0.15) is 24.7 Å². The van der Waals surface area contributed by atoms with Gasteiger partial charge in [0.2, 0.25) is 0 Å². The lowest BCUT2D eigenvalue weighted by Gasteiger charge is -2.09. The first kappa shape index (κ1) is 16.4. The van der Waals surface area contributed by atoms with Crippen LogP contribution >= 0.6 is 0 Å². The van der Waals surface area contributed by atoms with Crippen LogP contribution in [0.2, 0.25) is 0 Å². The summed E-state index contributed by atoms with van der Waals surface area (Å²) in [4.78, 5) is 12.0. The summed E-state index contributed by atoms with van der Waals surface area (Å²) >= 11 is 0. The van der Waals surface area contributed by atoms with Crippen molar-refractivity contribution in [2.45, 2.75) is 6.61 Å². The summed E-state index contributed by atoms with van der Waals surface area (Å²) in [6, 6.07) is 12.2. The lowest BCUT2D eigenvalue weighted by molar-refractivity contribution is 0.0450. The molecule has 2 aromatic carbocycles. The first-order valence-electron chi connectivity index (χ1n) is 7.54. The third-order valence-corrected chi connectivity index (χ3v) is 3.69. The molecule has 0 radical (unpaired) electrons. The fourth-order valence-electron chi connectivity index (χ4n) is 2.39. The first-order valence-corrected chi connectivity index (χ1v) is 7.54. The number of rotatable bonds is 6. The topological polar surface area (TPSA) is 74.2 Å². The fourth-order valence-corrected chi connectivity index (χ4v) is 2.39. The third kappa shape index (κ3) is 3.69. The van der Waals surface area contributed by atoms with E-state index in [1.165, 1.54) is 0 Å². The highest BCUT2D eigenvalue weighted by atomic mass is 16.6. The highest BCUT2D eigenvalue weighted by Gasteiger charge is 2.28. The van der Waals surface area contributed by atoms with Crippen LogP contribution in [0.3, 0.4) is 0 Å². The van der Waals surface area contributed by atoms with E-state index in [1.807, 2.05) is 0 Å². The second kappa shape index (κ2) is 7.38. The summed E-state index contributed by atoms with van der Waals surface area (Å²) in [5.41, 5.74) is 1.86. The Morgan fingerprint density at radius 1 is 1.17 bits per heavy atom. The molecule has 0 fully saturated rings. The Kier molecular flexibility index (Phi) is 5.03. The Morgan fingerprint density at radius 3 is 2.67 bits per heavy atom. The number of hydrogen-bond acceptors (Lipinski definition) is 6. The second-order valence-corrected chi connectivity index (χ2v) is 5.24. The summed E-state index contributed by atoms with van der Waals surface area (Å²) in [6.45, 7) is 0.720. The molecule has 0 aliphatic carbocycles. The first-order chi connectivity index (χ1) is 11.7. The smallest absolute Gasteiger partial charge is 0.491 e. The Morgan fingerprint density at radius 2 is 1.92 bits per heavy atom. The number of methoxy groups -OCH3 is 1. The highest BCUT2D eigenvalue weighted by Crippen LogP contribution is 2.17. The Balaban J connectivity index is 1.48. The van der Waals surface area contributed by atoms with Crippen LogP contribution in [0, 0.1) is 0 Å². The van der Waals surface area contributed by atoms with E-state index in [-0.39, 0.29) is 13.2 Å². The molecule has 1 aliphatic heterocycles. The van der Waals surface area contributed by atoms with E-state index in [4.69, 9.17) is 18.9 Å². The number of carbonyl (C=O) groups excluding carboxylic acids is 1. The van der Waals surface area contributed by atoms with Crippen LogP contribution in [-0.4, -0.2) is 38.4 Å². The molecule has 7 heteroatoms. The van der Waals surface area contributed by atoms with Gasteiger partial charge in [-0.15, -0.1) is 0 Å². The van der Waals surface area contributed by atoms with Crippen molar-refractivity contribution in [2.24, 2.45) is 0 Å². The van der Waals surface area contributed by atoms with Gasteiger partial charge in [0.15, 0.2) is 0 Å². The Hall–Kier alpha value is -2.51. The minimum absolute atomic E-state index is 0.126. The molecule has 0 unspecified atom stereocenters. The maximum absolute atomic E-state index is 12.0. The molecule has 3 rings (SSSR count). The van der Waals surface area contributed by atoms with Gasteiger partial charge in [-0.2, -0.15) is 0 Å². The minimum atomic E-state index is -0.980. The Bertz CT molecular complexity index is 716. The highest BCUT2D eigenvalue weighted by molar-refractivity contribution is 6.61. The van der Waals surface area contributed by atoms with E-state index in [0.29, 0.717) is 23.4 Å². The number of carbonyl (C=O) groups is 1. The van der Waals surface area contributed by atoms with Gasteiger partial charge in [-0.1, -0.05) is 6.07 Å². The quantitative estimate of drug-likeness (QED) is 0.487. The van der Waals surface area contributed by atoms with Crippen molar-refractivity contribution in [3.8, 4) is 11.5 Å². The maximum Gasteiger partial charge on any atom is 0.491 e. The van der Waals surface area contributed by atoms with Crippen LogP contribution in [0.15, 0.2) is 42.5 Å². The molecule has 6 nitrogen and oxygen atoms in total. The zero-order chi connectivity index (χ0) is 16.9. The molecule has 1 heterocycles. The van der Waals surface area contributed by atoms with Gasteiger partial charge in [-0.05, 0) is 47.4 Å². The molecule has 0 bridgehead atoms.